The van der Waals surface area contributed by atoms with Gasteiger partial charge in [0.05, 0.1) is 0 Å². The zero-order chi connectivity index (χ0) is 13.1. The fourth-order valence-corrected chi connectivity index (χ4v) is 3.12. The molecule has 0 fully saturated rings. The standard InChI is InChI=1S/C12H8O4S2/c13-11(14)8(12(15)16)6-7-3-4-10(18-7)9-2-1-5-17-9/h1-6H,(H,13,14)(H,15,16). The van der Waals surface area contributed by atoms with Crippen LogP contribution in [0.4, 0.5) is 0 Å². The van der Waals surface area contributed by atoms with E-state index in [1.165, 1.54) is 17.4 Å². The largest absolute Gasteiger partial charge is 0.477 e. The van der Waals surface area contributed by atoms with Crippen LogP contribution in [0.3, 0.4) is 0 Å². The maximum atomic E-state index is 10.7. The first-order valence-electron chi connectivity index (χ1n) is 4.90. The number of hydrogen-bond donors (Lipinski definition) is 2. The number of rotatable bonds is 4. The van der Waals surface area contributed by atoms with Crippen molar-refractivity contribution in [3.63, 3.8) is 0 Å². The van der Waals surface area contributed by atoms with Crippen LogP contribution in [-0.4, -0.2) is 22.2 Å². The van der Waals surface area contributed by atoms with Crippen LogP contribution < -0.4 is 0 Å². The monoisotopic (exact) mass is 280 g/mol. The zero-order valence-electron chi connectivity index (χ0n) is 8.99. The van der Waals surface area contributed by atoms with Crippen molar-refractivity contribution >= 4 is 40.7 Å². The molecule has 0 aliphatic heterocycles. The number of carboxylic acid groups (broad SMARTS) is 2. The summed E-state index contributed by atoms with van der Waals surface area (Å²) in [4.78, 5) is 24.2. The molecule has 18 heavy (non-hydrogen) atoms. The highest BCUT2D eigenvalue weighted by Gasteiger charge is 2.16. The van der Waals surface area contributed by atoms with Crippen molar-refractivity contribution in [2.24, 2.45) is 0 Å². The summed E-state index contributed by atoms with van der Waals surface area (Å²) in [5, 5.41) is 19.5. The number of carbonyl (C=O) groups is 2. The van der Waals surface area contributed by atoms with Crippen molar-refractivity contribution in [3.05, 3.63) is 40.1 Å². The van der Waals surface area contributed by atoms with Gasteiger partial charge in [-0.15, -0.1) is 22.7 Å². The Bertz CT molecular complexity index is 592. The molecule has 0 aliphatic rings. The second kappa shape index (κ2) is 5.16. The van der Waals surface area contributed by atoms with Crippen LogP contribution >= 0.6 is 22.7 Å². The molecule has 2 heterocycles. The summed E-state index contributed by atoms with van der Waals surface area (Å²) in [7, 11) is 0. The minimum absolute atomic E-state index is 0.609. The van der Waals surface area contributed by atoms with Crippen molar-refractivity contribution in [1.82, 2.24) is 0 Å². The molecule has 2 aromatic heterocycles. The van der Waals surface area contributed by atoms with E-state index in [0.29, 0.717) is 4.88 Å². The van der Waals surface area contributed by atoms with Gasteiger partial charge in [-0.05, 0) is 29.7 Å². The summed E-state index contributed by atoms with van der Waals surface area (Å²) in [6, 6.07) is 7.45. The normalized spacial score (nSPS) is 10.0. The summed E-state index contributed by atoms with van der Waals surface area (Å²) < 4.78 is 0. The van der Waals surface area contributed by atoms with Gasteiger partial charge in [0.2, 0.25) is 0 Å². The molecular formula is C12H8O4S2. The molecule has 0 radical (unpaired) electrons. The Morgan fingerprint density at radius 3 is 2.33 bits per heavy atom. The molecule has 0 saturated heterocycles. The fraction of sp³-hybridized carbons (Fsp3) is 0. The van der Waals surface area contributed by atoms with E-state index >= 15 is 0 Å². The molecule has 0 bridgehead atoms. The average Bonchev–Trinajstić information content (AvgIpc) is 2.95. The molecular weight excluding hydrogens is 272 g/mol. The van der Waals surface area contributed by atoms with Crippen LogP contribution in [-0.2, 0) is 9.59 Å². The number of carboxylic acids is 2. The highest BCUT2D eigenvalue weighted by Crippen LogP contribution is 2.32. The van der Waals surface area contributed by atoms with Crippen molar-refractivity contribution < 1.29 is 19.8 Å². The van der Waals surface area contributed by atoms with Gasteiger partial charge in [-0.1, -0.05) is 6.07 Å². The van der Waals surface area contributed by atoms with Gasteiger partial charge in [0.15, 0.2) is 0 Å². The van der Waals surface area contributed by atoms with E-state index in [2.05, 4.69) is 0 Å². The number of hydrogen-bond acceptors (Lipinski definition) is 4. The second-order valence-electron chi connectivity index (χ2n) is 3.35. The third kappa shape index (κ3) is 2.66. The van der Waals surface area contributed by atoms with Crippen LogP contribution in [0, 0.1) is 0 Å². The summed E-state index contributed by atoms with van der Waals surface area (Å²) in [6.45, 7) is 0. The molecule has 6 heteroatoms. The van der Waals surface area contributed by atoms with Crippen LogP contribution in [0.5, 0.6) is 0 Å². The van der Waals surface area contributed by atoms with Gasteiger partial charge in [0, 0.05) is 14.6 Å². The molecule has 2 rings (SSSR count). The van der Waals surface area contributed by atoms with Gasteiger partial charge >= 0.3 is 11.9 Å². The fourth-order valence-electron chi connectivity index (χ4n) is 1.34. The number of aliphatic carboxylic acids is 2. The molecule has 0 amide bonds. The van der Waals surface area contributed by atoms with Crippen molar-refractivity contribution in [2.75, 3.05) is 0 Å². The lowest BCUT2D eigenvalue weighted by atomic mass is 10.2. The molecule has 0 aliphatic carbocycles. The zero-order valence-corrected chi connectivity index (χ0v) is 10.6. The topological polar surface area (TPSA) is 74.6 Å². The maximum Gasteiger partial charge on any atom is 0.343 e. The van der Waals surface area contributed by atoms with E-state index in [1.807, 2.05) is 23.6 Å². The molecule has 0 unspecified atom stereocenters. The molecule has 0 spiro atoms. The van der Waals surface area contributed by atoms with Gasteiger partial charge in [0.25, 0.3) is 0 Å². The van der Waals surface area contributed by atoms with Crippen LogP contribution in [0.2, 0.25) is 0 Å². The maximum absolute atomic E-state index is 10.7. The van der Waals surface area contributed by atoms with Gasteiger partial charge in [0.1, 0.15) is 5.57 Å². The Kier molecular flexibility index (Phi) is 3.59. The first-order valence-corrected chi connectivity index (χ1v) is 6.59. The molecule has 0 atom stereocenters. The summed E-state index contributed by atoms with van der Waals surface area (Å²) in [5.41, 5.74) is -0.630. The SMILES string of the molecule is O=C(O)C(=Cc1ccc(-c2cccs2)s1)C(=O)O. The lowest BCUT2D eigenvalue weighted by Gasteiger charge is -1.93. The van der Waals surface area contributed by atoms with E-state index in [-0.39, 0.29) is 0 Å². The van der Waals surface area contributed by atoms with Gasteiger partial charge in [-0.2, -0.15) is 0 Å². The molecule has 2 N–H and O–H groups in total. The highest BCUT2D eigenvalue weighted by atomic mass is 32.1. The minimum Gasteiger partial charge on any atom is -0.477 e. The third-order valence-corrected chi connectivity index (χ3v) is 4.24. The van der Waals surface area contributed by atoms with E-state index in [1.54, 1.807) is 17.4 Å². The lowest BCUT2D eigenvalue weighted by Crippen LogP contribution is -2.10. The third-order valence-electron chi connectivity index (χ3n) is 2.14. The molecule has 0 aromatic carbocycles. The van der Waals surface area contributed by atoms with E-state index in [0.717, 1.165) is 9.75 Å². The summed E-state index contributed by atoms with van der Waals surface area (Å²) in [6.07, 6.45) is 1.17. The van der Waals surface area contributed by atoms with Crippen molar-refractivity contribution in [1.29, 1.82) is 0 Å². The average molecular weight is 280 g/mol. The Balaban J connectivity index is 2.33. The first-order chi connectivity index (χ1) is 8.58. The predicted molar refractivity (Wildman–Crippen MR) is 70.9 cm³/mol. The second-order valence-corrected chi connectivity index (χ2v) is 5.41. The van der Waals surface area contributed by atoms with Crippen LogP contribution in [0.1, 0.15) is 4.88 Å². The highest BCUT2D eigenvalue weighted by molar-refractivity contribution is 7.21. The molecule has 4 nitrogen and oxygen atoms in total. The van der Waals surface area contributed by atoms with E-state index in [4.69, 9.17) is 10.2 Å². The number of thiophene rings is 2. The quantitative estimate of drug-likeness (QED) is 0.513. The Hall–Kier alpha value is -1.92. The Labute approximate surface area is 110 Å². The summed E-state index contributed by atoms with van der Waals surface area (Å²) in [5.74, 6) is -2.87. The minimum atomic E-state index is -1.44. The van der Waals surface area contributed by atoms with Gasteiger partial charge in [-0.3, -0.25) is 0 Å². The van der Waals surface area contributed by atoms with Crippen molar-refractivity contribution in [3.8, 4) is 9.75 Å². The predicted octanol–water partition coefficient (Wildman–Crippen LogP) is 3.03. The van der Waals surface area contributed by atoms with E-state index in [9.17, 15) is 9.59 Å². The lowest BCUT2D eigenvalue weighted by molar-refractivity contribution is -0.139. The molecule has 0 saturated carbocycles. The van der Waals surface area contributed by atoms with E-state index < -0.39 is 17.5 Å². The summed E-state index contributed by atoms with van der Waals surface area (Å²) >= 11 is 2.94. The van der Waals surface area contributed by atoms with Gasteiger partial charge < -0.3 is 10.2 Å². The van der Waals surface area contributed by atoms with Gasteiger partial charge in [-0.25, -0.2) is 9.59 Å². The first kappa shape index (κ1) is 12.5. The smallest absolute Gasteiger partial charge is 0.343 e. The molecule has 92 valence electrons. The Morgan fingerprint density at radius 1 is 1.06 bits per heavy atom. The molecule has 2 aromatic rings. The van der Waals surface area contributed by atoms with Crippen LogP contribution in [0.15, 0.2) is 35.2 Å². The van der Waals surface area contributed by atoms with Crippen LogP contribution in [0.25, 0.3) is 15.8 Å². The van der Waals surface area contributed by atoms with Crippen molar-refractivity contribution in [2.45, 2.75) is 0 Å². The Morgan fingerprint density at radius 2 is 1.78 bits per heavy atom.